The molecule has 2 aromatic rings. The molecule has 5 heteroatoms. The van der Waals surface area contributed by atoms with Gasteiger partial charge in [0.15, 0.2) is 0 Å². The molecule has 0 aliphatic heterocycles. The van der Waals surface area contributed by atoms with E-state index in [1.54, 1.807) is 32.0 Å². The van der Waals surface area contributed by atoms with E-state index in [0.29, 0.717) is 22.2 Å². The van der Waals surface area contributed by atoms with Crippen LogP contribution in [0.1, 0.15) is 27.3 Å². The minimum Gasteiger partial charge on any atom is -0.477 e. The Morgan fingerprint density at radius 1 is 1.20 bits per heavy atom. The molecule has 0 saturated carbocycles. The standard InChI is InChI=1S/C15H14ClNO3/c1-8-4-5-11(16)7-12(8)20-13-6-9(2)17-10(3)14(13)15(18)19/h4-7H,1-3H3,(H,18,19). The van der Waals surface area contributed by atoms with Crippen molar-refractivity contribution in [1.82, 2.24) is 4.98 Å². The summed E-state index contributed by atoms with van der Waals surface area (Å²) >= 11 is 5.94. The molecule has 0 atom stereocenters. The van der Waals surface area contributed by atoms with Gasteiger partial charge in [0.25, 0.3) is 0 Å². The van der Waals surface area contributed by atoms with E-state index >= 15 is 0 Å². The van der Waals surface area contributed by atoms with Gasteiger partial charge in [0.2, 0.25) is 0 Å². The highest BCUT2D eigenvalue weighted by molar-refractivity contribution is 6.30. The number of carboxylic acid groups (broad SMARTS) is 1. The molecule has 0 bridgehead atoms. The van der Waals surface area contributed by atoms with Crippen molar-refractivity contribution in [2.24, 2.45) is 0 Å². The molecule has 104 valence electrons. The molecule has 1 aromatic heterocycles. The maximum absolute atomic E-state index is 11.3. The second-order valence-electron chi connectivity index (χ2n) is 4.54. The van der Waals surface area contributed by atoms with Crippen molar-refractivity contribution >= 4 is 17.6 Å². The predicted molar refractivity (Wildman–Crippen MR) is 76.9 cm³/mol. The molecule has 0 saturated heterocycles. The Morgan fingerprint density at radius 3 is 2.55 bits per heavy atom. The van der Waals surface area contributed by atoms with Crippen LogP contribution < -0.4 is 4.74 Å². The second-order valence-corrected chi connectivity index (χ2v) is 4.98. The fourth-order valence-electron chi connectivity index (χ4n) is 1.94. The average Bonchev–Trinajstić information content (AvgIpc) is 2.32. The summed E-state index contributed by atoms with van der Waals surface area (Å²) in [6, 6.07) is 6.84. The van der Waals surface area contributed by atoms with Gasteiger partial charge >= 0.3 is 5.97 Å². The summed E-state index contributed by atoms with van der Waals surface area (Å²) in [6.45, 7) is 5.30. The summed E-state index contributed by atoms with van der Waals surface area (Å²) in [5.74, 6) is -0.262. The zero-order valence-electron chi connectivity index (χ0n) is 11.4. The van der Waals surface area contributed by atoms with Crippen LogP contribution in [0.15, 0.2) is 24.3 Å². The third-order valence-corrected chi connectivity index (χ3v) is 3.11. The maximum atomic E-state index is 11.3. The summed E-state index contributed by atoms with van der Waals surface area (Å²) in [7, 11) is 0. The van der Waals surface area contributed by atoms with E-state index in [4.69, 9.17) is 16.3 Å². The number of pyridine rings is 1. The van der Waals surface area contributed by atoms with E-state index in [0.717, 1.165) is 5.56 Å². The van der Waals surface area contributed by atoms with Gasteiger partial charge in [-0.3, -0.25) is 4.98 Å². The highest BCUT2D eigenvalue weighted by Gasteiger charge is 2.18. The average molecular weight is 292 g/mol. The number of nitrogens with zero attached hydrogens (tertiary/aromatic N) is 1. The van der Waals surface area contributed by atoms with Gasteiger partial charge in [-0.15, -0.1) is 0 Å². The lowest BCUT2D eigenvalue weighted by Crippen LogP contribution is -2.06. The molecule has 20 heavy (non-hydrogen) atoms. The van der Waals surface area contributed by atoms with E-state index in [1.165, 1.54) is 0 Å². The quantitative estimate of drug-likeness (QED) is 0.923. The molecule has 2 rings (SSSR count). The Hall–Kier alpha value is -2.07. The first kappa shape index (κ1) is 14.3. The van der Waals surface area contributed by atoms with Crippen molar-refractivity contribution in [3.8, 4) is 11.5 Å². The minimum absolute atomic E-state index is 0.0648. The van der Waals surface area contributed by atoms with Crippen LogP contribution >= 0.6 is 11.6 Å². The van der Waals surface area contributed by atoms with Crippen LogP contribution in [0.3, 0.4) is 0 Å². The van der Waals surface area contributed by atoms with E-state index < -0.39 is 5.97 Å². The summed E-state index contributed by atoms with van der Waals surface area (Å²) in [6.07, 6.45) is 0. The number of halogens is 1. The normalized spacial score (nSPS) is 10.4. The van der Waals surface area contributed by atoms with Gasteiger partial charge in [-0.25, -0.2) is 4.79 Å². The number of aromatic carboxylic acids is 1. The summed E-state index contributed by atoms with van der Waals surface area (Å²) in [5, 5.41) is 9.83. The smallest absolute Gasteiger partial charge is 0.341 e. The molecule has 0 aliphatic carbocycles. The summed E-state index contributed by atoms with van der Waals surface area (Å²) in [5.41, 5.74) is 2.06. The number of hydrogen-bond donors (Lipinski definition) is 1. The number of rotatable bonds is 3. The Morgan fingerprint density at radius 2 is 1.90 bits per heavy atom. The van der Waals surface area contributed by atoms with Gasteiger partial charge in [-0.1, -0.05) is 17.7 Å². The molecule has 1 N–H and O–H groups in total. The summed E-state index contributed by atoms with van der Waals surface area (Å²) < 4.78 is 5.74. The Labute approximate surface area is 122 Å². The fraction of sp³-hybridized carbons (Fsp3) is 0.200. The molecule has 0 aliphatic rings. The number of aryl methyl sites for hydroxylation is 3. The van der Waals surface area contributed by atoms with Crippen molar-refractivity contribution in [1.29, 1.82) is 0 Å². The van der Waals surface area contributed by atoms with E-state index in [-0.39, 0.29) is 11.3 Å². The fourth-order valence-corrected chi connectivity index (χ4v) is 2.10. The topological polar surface area (TPSA) is 59.4 Å². The number of benzene rings is 1. The lowest BCUT2D eigenvalue weighted by Gasteiger charge is -2.13. The molecular weight excluding hydrogens is 278 g/mol. The van der Waals surface area contributed by atoms with Crippen LogP contribution in [0.4, 0.5) is 0 Å². The van der Waals surface area contributed by atoms with Gasteiger partial charge in [-0.2, -0.15) is 0 Å². The third-order valence-electron chi connectivity index (χ3n) is 2.88. The van der Waals surface area contributed by atoms with Crippen molar-refractivity contribution in [2.45, 2.75) is 20.8 Å². The zero-order valence-corrected chi connectivity index (χ0v) is 12.2. The first-order chi connectivity index (χ1) is 9.38. The third kappa shape index (κ3) is 2.91. The first-order valence-corrected chi connectivity index (χ1v) is 6.42. The molecule has 0 unspecified atom stereocenters. The zero-order chi connectivity index (χ0) is 14.9. The molecular formula is C15H14ClNO3. The van der Waals surface area contributed by atoms with Crippen LogP contribution in [0.2, 0.25) is 5.02 Å². The summed E-state index contributed by atoms with van der Waals surface area (Å²) in [4.78, 5) is 15.5. The maximum Gasteiger partial charge on any atom is 0.341 e. The SMILES string of the molecule is Cc1cc(Oc2cc(Cl)ccc2C)c(C(=O)O)c(C)n1. The van der Waals surface area contributed by atoms with Crippen LogP contribution in [-0.2, 0) is 0 Å². The number of aromatic nitrogens is 1. The molecule has 0 spiro atoms. The minimum atomic E-state index is -1.07. The second kappa shape index (κ2) is 5.51. The van der Waals surface area contributed by atoms with Crippen LogP contribution in [0.25, 0.3) is 0 Å². The van der Waals surface area contributed by atoms with Crippen molar-refractivity contribution < 1.29 is 14.6 Å². The largest absolute Gasteiger partial charge is 0.477 e. The number of carboxylic acids is 1. The van der Waals surface area contributed by atoms with Crippen LogP contribution in [-0.4, -0.2) is 16.1 Å². The highest BCUT2D eigenvalue weighted by Crippen LogP contribution is 2.31. The molecule has 0 fully saturated rings. The van der Waals surface area contributed by atoms with Gasteiger partial charge in [-0.05, 0) is 38.5 Å². The highest BCUT2D eigenvalue weighted by atomic mass is 35.5. The number of carbonyl (C=O) groups is 1. The van der Waals surface area contributed by atoms with E-state index in [1.807, 2.05) is 13.0 Å². The number of ether oxygens (including phenoxy) is 1. The lowest BCUT2D eigenvalue weighted by molar-refractivity contribution is 0.0692. The monoisotopic (exact) mass is 291 g/mol. The van der Waals surface area contributed by atoms with Gasteiger partial charge in [0.1, 0.15) is 17.1 Å². The number of hydrogen-bond acceptors (Lipinski definition) is 3. The van der Waals surface area contributed by atoms with Crippen molar-refractivity contribution in [2.75, 3.05) is 0 Å². The van der Waals surface area contributed by atoms with Gasteiger partial charge < -0.3 is 9.84 Å². The Kier molecular flexibility index (Phi) is 3.95. The lowest BCUT2D eigenvalue weighted by atomic mass is 10.1. The molecule has 0 radical (unpaired) electrons. The first-order valence-electron chi connectivity index (χ1n) is 6.04. The van der Waals surface area contributed by atoms with Crippen molar-refractivity contribution in [3.63, 3.8) is 0 Å². The molecule has 4 nitrogen and oxygen atoms in total. The van der Waals surface area contributed by atoms with Crippen molar-refractivity contribution in [3.05, 3.63) is 51.8 Å². The predicted octanol–water partition coefficient (Wildman–Crippen LogP) is 4.15. The Bertz CT molecular complexity index is 683. The van der Waals surface area contributed by atoms with E-state index in [9.17, 15) is 9.90 Å². The molecule has 1 aromatic carbocycles. The van der Waals surface area contributed by atoms with E-state index in [2.05, 4.69) is 4.98 Å². The van der Waals surface area contributed by atoms with Gasteiger partial charge in [0.05, 0.1) is 5.69 Å². The molecule has 0 amide bonds. The van der Waals surface area contributed by atoms with Crippen LogP contribution in [0, 0.1) is 20.8 Å². The Balaban J connectivity index is 2.53. The van der Waals surface area contributed by atoms with Crippen LogP contribution in [0.5, 0.6) is 11.5 Å². The van der Waals surface area contributed by atoms with Gasteiger partial charge in [0, 0.05) is 16.8 Å². The molecule has 1 heterocycles.